The Kier molecular flexibility index (Phi) is 7.41. The molecule has 164 valence electrons. The van der Waals surface area contributed by atoms with Crippen molar-refractivity contribution in [1.29, 1.82) is 0 Å². The molecular formula is C19H18F6N2O3. The number of rotatable bonds is 7. The molecule has 0 aliphatic rings. The SMILES string of the molecule is CC(NC(=O)NCc1ccc(OCC(F)(F)F)cc1)c1ccc(OC(F)(F)F)cc1. The standard InChI is InChI=1S/C19H18F6N2O3/c1-12(14-4-8-16(9-5-14)30-19(23,24)25)27-17(28)26-10-13-2-6-15(7-3-13)29-11-18(20,21)22/h2-9,12H,10-11H2,1H3,(H2,26,27,28). The molecule has 0 saturated heterocycles. The van der Waals surface area contributed by atoms with Crippen molar-refractivity contribution in [3.63, 3.8) is 0 Å². The molecule has 2 aromatic rings. The van der Waals surface area contributed by atoms with Crippen LogP contribution in [0.2, 0.25) is 0 Å². The molecule has 0 heterocycles. The van der Waals surface area contributed by atoms with Gasteiger partial charge in [0.1, 0.15) is 11.5 Å². The molecule has 2 aromatic carbocycles. The van der Waals surface area contributed by atoms with Crippen LogP contribution in [0.15, 0.2) is 48.5 Å². The Balaban J connectivity index is 1.80. The van der Waals surface area contributed by atoms with Crippen LogP contribution in [-0.4, -0.2) is 25.2 Å². The molecule has 0 radical (unpaired) electrons. The summed E-state index contributed by atoms with van der Waals surface area (Å²) in [7, 11) is 0. The van der Waals surface area contributed by atoms with Gasteiger partial charge in [0.2, 0.25) is 0 Å². The van der Waals surface area contributed by atoms with Crippen LogP contribution in [-0.2, 0) is 6.54 Å². The van der Waals surface area contributed by atoms with Crippen LogP contribution in [0.3, 0.4) is 0 Å². The third-order valence-electron chi connectivity index (χ3n) is 3.74. The molecule has 0 aliphatic heterocycles. The van der Waals surface area contributed by atoms with E-state index >= 15 is 0 Å². The number of alkyl halides is 6. The van der Waals surface area contributed by atoms with E-state index in [1.807, 2.05) is 0 Å². The topological polar surface area (TPSA) is 59.6 Å². The third-order valence-corrected chi connectivity index (χ3v) is 3.74. The van der Waals surface area contributed by atoms with Crippen molar-refractivity contribution >= 4 is 6.03 Å². The lowest BCUT2D eigenvalue weighted by Gasteiger charge is -2.16. The molecule has 2 N–H and O–H groups in total. The van der Waals surface area contributed by atoms with Crippen molar-refractivity contribution in [3.05, 3.63) is 59.7 Å². The Labute approximate surface area is 168 Å². The monoisotopic (exact) mass is 436 g/mol. The lowest BCUT2D eigenvalue weighted by Crippen LogP contribution is -2.36. The number of urea groups is 1. The zero-order valence-corrected chi connectivity index (χ0v) is 15.6. The summed E-state index contributed by atoms with van der Waals surface area (Å²) in [4.78, 5) is 12.0. The van der Waals surface area contributed by atoms with Gasteiger partial charge in [-0.3, -0.25) is 0 Å². The van der Waals surface area contributed by atoms with Gasteiger partial charge in [-0.05, 0) is 42.3 Å². The number of benzene rings is 2. The Morgan fingerprint density at radius 1 is 0.933 bits per heavy atom. The Morgan fingerprint density at radius 2 is 1.50 bits per heavy atom. The Morgan fingerprint density at radius 3 is 2.03 bits per heavy atom. The van der Waals surface area contributed by atoms with E-state index in [-0.39, 0.29) is 18.0 Å². The van der Waals surface area contributed by atoms with Crippen LogP contribution < -0.4 is 20.1 Å². The normalized spacial score (nSPS) is 12.8. The van der Waals surface area contributed by atoms with Gasteiger partial charge in [0.25, 0.3) is 0 Å². The minimum Gasteiger partial charge on any atom is -0.484 e. The fourth-order valence-electron chi connectivity index (χ4n) is 2.34. The van der Waals surface area contributed by atoms with Gasteiger partial charge in [-0.25, -0.2) is 4.79 Å². The first-order valence-corrected chi connectivity index (χ1v) is 8.60. The van der Waals surface area contributed by atoms with Gasteiger partial charge in [0.15, 0.2) is 6.61 Å². The maximum atomic E-state index is 12.2. The molecule has 0 aromatic heterocycles. The zero-order valence-electron chi connectivity index (χ0n) is 15.6. The fourth-order valence-corrected chi connectivity index (χ4v) is 2.34. The van der Waals surface area contributed by atoms with Crippen LogP contribution in [0.1, 0.15) is 24.1 Å². The summed E-state index contributed by atoms with van der Waals surface area (Å²) in [6.45, 7) is 0.358. The van der Waals surface area contributed by atoms with E-state index in [9.17, 15) is 31.1 Å². The lowest BCUT2D eigenvalue weighted by molar-refractivity contribution is -0.274. The molecule has 0 fully saturated rings. The summed E-state index contributed by atoms with van der Waals surface area (Å²) in [5.41, 5.74) is 1.19. The van der Waals surface area contributed by atoms with Gasteiger partial charge in [0, 0.05) is 6.54 Å². The van der Waals surface area contributed by atoms with Crippen molar-refractivity contribution in [2.75, 3.05) is 6.61 Å². The number of hydrogen-bond donors (Lipinski definition) is 2. The minimum absolute atomic E-state index is 0.0482. The summed E-state index contributed by atoms with van der Waals surface area (Å²) in [6.07, 6.45) is -9.21. The molecule has 11 heteroatoms. The molecule has 0 spiro atoms. The summed E-state index contributed by atoms with van der Waals surface area (Å²) >= 11 is 0. The summed E-state index contributed by atoms with van der Waals surface area (Å²) < 4.78 is 81.2. The molecule has 1 unspecified atom stereocenters. The average Bonchev–Trinajstić information content (AvgIpc) is 2.64. The molecule has 0 saturated carbocycles. The second-order valence-corrected chi connectivity index (χ2v) is 6.21. The molecule has 5 nitrogen and oxygen atoms in total. The zero-order chi connectivity index (χ0) is 22.4. The highest BCUT2D eigenvalue weighted by atomic mass is 19.4. The summed E-state index contributed by atoms with van der Waals surface area (Å²) in [6, 6.07) is 9.77. The van der Waals surface area contributed by atoms with E-state index in [0.717, 1.165) is 12.1 Å². The van der Waals surface area contributed by atoms with Gasteiger partial charge in [-0.1, -0.05) is 24.3 Å². The van der Waals surface area contributed by atoms with Gasteiger partial charge in [-0.2, -0.15) is 13.2 Å². The maximum Gasteiger partial charge on any atom is 0.573 e. The van der Waals surface area contributed by atoms with Crippen molar-refractivity contribution < 1.29 is 40.6 Å². The first-order chi connectivity index (χ1) is 13.9. The lowest BCUT2D eigenvalue weighted by atomic mass is 10.1. The number of ether oxygens (including phenoxy) is 2. The van der Waals surface area contributed by atoms with E-state index < -0.39 is 31.2 Å². The number of halogens is 6. The molecule has 0 aliphatic carbocycles. The number of nitrogens with one attached hydrogen (secondary N) is 2. The first-order valence-electron chi connectivity index (χ1n) is 8.60. The van der Waals surface area contributed by atoms with E-state index in [2.05, 4.69) is 20.1 Å². The maximum absolute atomic E-state index is 12.2. The highest BCUT2D eigenvalue weighted by molar-refractivity contribution is 5.74. The highest BCUT2D eigenvalue weighted by Crippen LogP contribution is 2.24. The van der Waals surface area contributed by atoms with Gasteiger partial charge in [-0.15, -0.1) is 13.2 Å². The van der Waals surface area contributed by atoms with E-state index in [0.29, 0.717) is 11.1 Å². The Bertz CT molecular complexity index is 820. The predicted octanol–water partition coefficient (Wildman–Crippen LogP) is 5.09. The summed E-state index contributed by atoms with van der Waals surface area (Å²) in [5, 5.41) is 5.19. The Hall–Kier alpha value is -3.11. The van der Waals surface area contributed by atoms with Crippen molar-refractivity contribution in [3.8, 4) is 11.5 Å². The smallest absolute Gasteiger partial charge is 0.484 e. The summed E-state index contributed by atoms with van der Waals surface area (Å²) in [5.74, 6) is -0.322. The molecule has 2 amide bonds. The van der Waals surface area contributed by atoms with Gasteiger partial charge in [0.05, 0.1) is 6.04 Å². The van der Waals surface area contributed by atoms with Gasteiger partial charge >= 0.3 is 18.6 Å². The second-order valence-electron chi connectivity index (χ2n) is 6.21. The molecule has 1 atom stereocenters. The van der Waals surface area contributed by atoms with Crippen molar-refractivity contribution in [2.24, 2.45) is 0 Å². The van der Waals surface area contributed by atoms with Crippen LogP contribution >= 0.6 is 0 Å². The van der Waals surface area contributed by atoms with Crippen LogP contribution in [0, 0.1) is 0 Å². The molecule has 30 heavy (non-hydrogen) atoms. The number of amides is 2. The molecular weight excluding hydrogens is 418 g/mol. The minimum atomic E-state index is -4.78. The van der Waals surface area contributed by atoms with Crippen LogP contribution in [0.5, 0.6) is 11.5 Å². The molecule has 0 bridgehead atoms. The predicted molar refractivity (Wildman–Crippen MR) is 94.9 cm³/mol. The van der Waals surface area contributed by atoms with E-state index in [1.165, 1.54) is 36.4 Å². The van der Waals surface area contributed by atoms with E-state index in [4.69, 9.17) is 0 Å². The number of carbonyl (C=O) groups excluding carboxylic acids is 1. The second kappa shape index (κ2) is 9.59. The van der Waals surface area contributed by atoms with E-state index in [1.54, 1.807) is 6.92 Å². The number of carbonyl (C=O) groups is 1. The quantitative estimate of drug-likeness (QED) is 0.595. The highest BCUT2D eigenvalue weighted by Gasteiger charge is 2.31. The van der Waals surface area contributed by atoms with Gasteiger partial charge < -0.3 is 20.1 Å². The first kappa shape index (κ1) is 23.2. The van der Waals surface area contributed by atoms with Crippen molar-refractivity contribution in [2.45, 2.75) is 32.0 Å². The van der Waals surface area contributed by atoms with Crippen molar-refractivity contribution in [1.82, 2.24) is 10.6 Å². The molecule has 2 rings (SSSR count). The largest absolute Gasteiger partial charge is 0.573 e. The average molecular weight is 436 g/mol. The van der Waals surface area contributed by atoms with Crippen LogP contribution in [0.4, 0.5) is 31.1 Å². The van der Waals surface area contributed by atoms with Crippen LogP contribution in [0.25, 0.3) is 0 Å². The fraction of sp³-hybridized carbons (Fsp3) is 0.316. The number of hydrogen-bond acceptors (Lipinski definition) is 3. The third kappa shape index (κ3) is 8.50.